The van der Waals surface area contributed by atoms with Gasteiger partial charge in [-0.05, 0) is 20.8 Å². The lowest BCUT2D eigenvalue weighted by Gasteiger charge is -2.40. The molecule has 4 nitrogen and oxygen atoms in total. The van der Waals surface area contributed by atoms with Crippen molar-refractivity contribution in [1.29, 1.82) is 0 Å². The van der Waals surface area contributed by atoms with E-state index in [2.05, 4.69) is 0 Å². The van der Waals surface area contributed by atoms with Crippen molar-refractivity contribution in [1.82, 2.24) is 4.90 Å². The van der Waals surface area contributed by atoms with E-state index in [1.165, 1.54) is 6.92 Å². The Hall–Kier alpha value is -0.910. The number of aliphatic hydroxyl groups excluding tert-OH is 1. The van der Waals surface area contributed by atoms with E-state index in [-0.39, 0.29) is 6.54 Å². The summed E-state index contributed by atoms with van der Waals surface area (Å²) < 4.78 is 31.8. The Bertz CT molecular complexity index is 302. The number of nitrogens with zero attached hydrogens (tertiary/aromatic N) is 1. The van der Waals surface area contributed by atoms with Gasteiger partial charge in [0.05, 0.1) is 6.54 Å². The van der Waals surface area contributed by atoms with E-state index >= 15 is 0 Å². The standard InChI is InChI=1S/C11H19F2NO3/c1-7-5-14(6-11(12,13)8(7)15)9(16)17-10(2,3)4/h7-8,15H,5-6H2,1-4H3/t7-,8-/m0/s1. The van der Waals surface area contributed by atoms with Gasteiger partial charge < -0.3 is 14.7 Å². The summed E-state index contributed by atoms with van der Waals surface area (Å²) in [6, 6.07) is 0. The molecule has 1 aliphatic rings. The lowest BCUT2D eigenvalue weighted by molar-refractivity contribution is -0.167. The smallest absolute Gasteiger partial charge is 0.410 e. The number of likely N-dealkylation sites (tertiary alicyclic amines) is 1. The third-order valence-corrected chi connectivity index (χ3v) is 2.53. The number of amides is 1. The van der Waals surface area contributed by atoms with Crippen molar-refractivity contribution in [2.75, 3.05) is 13.1 Å². The molecule has 0 bridgehead atoms. The van der Waals surface area contributed by atoms with Crippen LogP contribution in [0, 0.1) is 5.92 Å². The topological polar surface area (TPSA) is 49.8 Å². The van der Waals surface area contributed by atoms with Crippen molar-refractivity contribution < 1.29 is 23.4 Å². The van der Waals surface area contributed by atoms with Crippen LogP contribution in [0.25, 0.3) is 0 Å². The lowest BCUT2D eigenvalue weighted by atomic mass is 9.94. The first-order valence-electron chi connectivity index (χ1n) is 5.57. The molecule has 0 unspecified atom stereocenters. The molecule has 0 radical (unpaired) electrons. The summed E-state index contributed by atoms with van der Waals surface area (Å²) in [5.41, 5.74) is -0.717. The molecule has 0 saturated carbocycles. The molecule has 6 heteroatoms. The molecule has 0 aromatic carbocycles. The minimum atomic E-state index is -3.28. The largest absolute Gasteiger partial charge is 0.444 e. The van der Waals surface area contributed by atoms with Crippen molar-refractivity contribution in [2.45, 2.75) is 45.3 Å². The van der Waals surface area contributed by atoms with Crippen LogP contribution in [0.15, 0.2) is 0 Å². The first-order chi connectivity index (χ1) is 7.53. The number of carbonyl (C=O) groups is 1. The quantitative estimate of drug-likeness (QED) is 0.715. The molecule has 1 amide bonds. The summed E-state index contributed by atoms with van der Waals surface area (Å²) in [7, 11) is 0. The minimum Gasteiger partial charge on any atom is -0.444 e. The molecule has 0 aromatic rings. The summed E-state index contributed by atoms with van der Waals surface area (Å²) in [5, 5.41) is 9.31. The molecule has 1 rings (SSSR count). The van der Waals surface area contributed by atoms with Gasteiger partial charge in [0.25, 0.3) is 5.92 Å². The monoisotopic (exact) mass is 251 g/mol. The van der Waals surface area contributed by atoms with Crippen LogP contribution in [0.5, 0.6) is 0 Å². The van der Waals surface area contributed by atoms with Crippen LogP contribution in [0.4, 0.5) is 13.6 Å². The molecule has 1 saturated heterocycles. The van der Waals surface area contributed by atoms with Crippen LogP contribution >= 0.6 is 0 Å². The Labute approximate surface area is 99.5 Å². The number of ether oxygens (including phenoxy) is 1. The maximum Gasteiger partial charge on any atom is 0.410 e. The predicted molar refractivity (Wildman–Crippen MR) is 57.9 cm³/mol. The van der Waals surface area contributed by atoms with E-state index in [9.17, 15) is 18.7 Å². The molecule has 0 aliphatic carbocycles. The Kier molecular flexibility index (Phi) is 3.66. The number of hydrogen-bond donors (Lipinski definition) is 1. The van der Waals surface area contributed by atoms with E-state index in [4.69, 9.17) is 4.74 Å². The first kappa shape index (κ1) is 14.2. The highest BCUT2D eigenvalue weighted by molar-refractivity contribution is 5.68. The second kappa shape index (κ2) is 4.40. The third-order valence-electron chi connectivity index (χ3n) is 2.53. The zero-order chi connectivity index (χ0) is 13.4. The van der Waals surface area contributed by atoms with Gasteiger partial charge in [-0.3, -0.25) is 0 Å². The van der Waals surface area contributed by atoms with E-state index in [1.54, 1.807) is 20.8 Å². The van der Waals surface area contributed by atoms with Gasteiger partial charge in [0.15, 0.2) is 0 Å². The molecule has 0 aromatic heterocycles. The Morgan fingerprint density at radius 2 is 2.00 bits per heavy atom. The molecule has 1 N–H and O–H groups in total. The predicted octanol–water partition coefficient (Wildman–Crippen LogP) is 1.87. The second-order valence-corrected chi connectivity index (χ2v) is 5.54. The third kappa shape index (κ3) is 3.52. The number of piperidine rings is 1. The molecule has 17 heavy (non-hydrogen) atoms. The second-order valence-electron chi connectivity index (χ2n) is 5.54. The number of alkyl halides is 2. The summed E-state index contributed by atoms with van der Waals surface area (Å²) in [6.45, 7) is 5.77. The van der Waals surface area contributed by atoms with Crippen molar-refractivity contribution in [3.63, 3.8) is 0 Å². The number of hydrogen-bond acceptors (Lipinski definition) is 3. The van der Waals surface area contributed by atoms with E-state index in [0.717, 1.165) is 4.90 Å². The molecule has 1 heterocycles. The maximum atomic E-state index is 13.4. The molecule has 1 fully saturated rings. The lowest BCUT2D eigenvalue weighted by Crippen LogP contribution is -2.58. The van der Waals surface area contributed by atoms with Crippen LogP contribution in [-0.2, 0) is 4.74 Å². The van der Waals surface area contributed by atoms with Gasteiger partial charge in [0, 0.05) is 12.5 Å². The highest BCUT2D eigenvalue weighted by Crippen LogP contribution is 2.31. The van der Waals surface area contributed by atoms with Gasteiger partial charge in [-0.2, -0.15) is 0 Å². The summed E-state index contributed by atoms with van der Waals surface area (Å²) in [4.78, 5) is 12.6. The average molecular weight is 251 g/mol. The van der Waals surface area contributed by atoms with Gasteiger partial charge in [-0.15, -0.1) is 0 Å². The molecule has 100 valence electrons. The Morgan fingerprint density at radius 3 is 2.41 bits per heavy atom. The van der Waals surface area contributed by atoms with E-state index in [0.29, 0.717) is 0 Å². The number of halogens is 2. The highest BCUT2D eigenvalue weighted by Gasteiger charge is 2.49. The molecule has 0 spiro atoms. The summed E-state index contributed by atoms with van der Waals surface area (Å²) in [5.74, 6) is -3.96. The molecular formula is C11H19F2NO3. The Morgan fingerprint density at radius 1 is 1.47 bits per heavy atom. The molecule has 2 atom stereocenters. The minimum absolute atomic E-state index is 0.0751. The van der Waals surface area contributed by atoms with Gasteiger partial charge in [0.2, 0.25) is 0 Å². The van der Waals surface area contributed by atoms with Gasteiger partial charge >= 0.3 is 6.09 Å². The Balaban J connectivity index is 2.71. The van der Waals surface area contributed by atoms with Crippen molar-refractivity contribution in [2.24, 2.45) is 5.92 Å². The van der Waals surface area contributed by atoms with Crippen molar-refractivity contribution in [3.05, 3.63) is 0 Å². The van der Waals surface area contributed by atoms with Crippen LogP contribution in [0.2, 0.25) is 0 Å². The van der Waals surface area contributed by atoms with Crippen LogP contribution in [0.1, 0.15) is 27.7 Å². The van der Waals surface area contributed by atoms with Crippen LogP contribution in [-0.4, -0.2) is 46.8 Å². The zero-order valence-corrected chi connectivity index (χ0v) is 10.5. The molecule has 1 aliphatic heterocycles. The van der Waals surface area contributed by atoms with Gasteiger partial charge in [-0.1, -0.05) is 6.92 Å². The van der Waals surface area contributed by atoms with Crippen molar-refractivity contribution >= 4 is 6.09 Å². The fourth-order valence-electron chi connectivity index (χ4n) is 1.74. The van der Waals surface area contributed by atoms with Gasteiger partial charge in [-0.25, -0.2) is 13.6 Å². The zero-order valence-electron chi connectivity index (χ0n) is 10.5. The summed E-state index contributed by atoms with van der Waals surface area (Å²) >= 11 is 0. The van der Waals surface area contributed by atoms with E-state index in [1.807, 2.05) is 0 Å². The SMILES string of the molecule is C[C@H]1CN(C(=O)OC(C)(C)C)CC(F)(F)[C@H]1O. The van der Waals surface area contributed by atoms with Crippen molar-refractivity contribution in [3.8, 4) is 0 Å². The molecular weight excluding hydrogens is 232 g/mol. The fraction of sp³-hybridized carbons (Fsp3) is 0.909. The number of rotatable bonds is 0. The normalized spacial score (nSPS) is 29.0. The number of aliphatic hydroxyl groups is 1. The number of carbonyl (C=O) groups excluding carboxylic acids is 1. The van der Waals surface area contributed by atoms with Gasteiger partial charge in [0.1, 0.15) is 11.7 Å². The summed E-state index contributed by atoms with van der Waals surface area (Å²) in [6.07, 6.45) is -2.47. The first-order valence-corrected chi connectivity index (χ1v) is 5.57. The fourth-order valence-corrected chi connectivity index (χ4v) is 1.74. The van der Waals surface area contributed by atoms with E-state index < -0.39 is 36.2 Å². The maximum absolute atomic E-state index is 13.4. The average Bonchev–Trinajstić information content (AvgIpc) is 2.10. The van der Waals surface area contributed by atoms with Crippen LogP contribution in [0.3, 0.4) is 0 Å². The van der Waals surface area contributed by atoms with Crippen LogP contribution < -0.4 is 0 Å². The highest BCUT2D eigenvalue weighted by atomic mass is 19.3.